The number of carbonyl (C=O) groups is 1. The van der Waals surface area contributed by atoms with E-state index in [-0.39, 0.29) is 11.6 Å². The van der Waals surface area contributed by atoms with Crippen molar-refractivity contribution in [2.75, 3.05) is 13.7 Å². The molecule has 0 bridgehead atoms. The molecular formula is C12H15NO3. The van der Waals surface area contributed by atoms with Crippen LogP contribution < -0.4 is 10.1 Å². The second-order valence-electron chi connectivity index (χ2n) is 3.98. The topological polar surface area (TPSA) is 58.6 Å². The number of carboxylic acid groups (broad SMARTS) is 1. The zero-order valence-electron chi connectivity index (χ0n) is 9.41. The lowest BCUT2D eigenvalue weighted by molar-refractivity contribution is 0.0693. The summed E-state index contributed by atoms with van der Waals surface area (Å²) in [5.41, 5.74) is 2.48. The summed E-state index contributed by atoms with van der Waals surface area (Å²) in [6.07, 6.45) is 0.865. The second-order valence-corrected chi connectivity index (χ2v) is 3.98. The quantitative estimate of drug-likeness (QED) is 0.796. The van der Waals surface area contributed by atoms with Gasteiger partial charge in [-0.25, -0.2) is 4.79 Å². The van der Waals surface area contributed by atoms with E-state index in [0.29, 0.717) is 5.75 Å². The lowest BCUT2D eigenvalue weighted by atomic mass is 9.93. The molecule has 1 unspecified atom stereocenters. The van der Waals surface area contributed by atoms with Gasteiger partial charge in [-0.1, -0.05) is 0 Å². The van der Waals surface area contributed by atoms with E-state index in [1.807, 2.05) is 6.07 Å². The zero-order valence-corrected chi connectivity index (χ0v) is 9.41. The lowest BCUT2D eigenvalue weighted by Gasteiger charge is -2.25. The molecule has 0 saturated heterocycles. The highest BCUT2D eigenvalue weighted by molar-refractivity contribution is 5.91. The van der Waals surface area contributed by atoms with Crippen molar-refractivity contribution in [3.63, 3.8) is 0 Å². The Morgan fingerprint density at radius 1 is 1.56 bits per heavy atom. The molecule has 16 heavy (non-hydrogen) atoms. The SMILES string of the molecule is COc1cc2c(cc1C(=O)O)CCNC2C. The number of fused-ring (bicyclic) bond motifs is 1. The predicted molar refractivity (Wildman–Crippen MR) is 60.1 cm³/mol. The van der Waals surface area contributed by atoms with Crippen molar-refractivity contribution in [2.24, 2.45) is 0 Å². The van der Waals surface area contributed by atoms with E-state index in [0.717, 1.165) is 24.1 Å². The van der Waals surface area contributed by atoms with Gasteiger partial charge in [0.1, 0.15) is 11.3 Å². The van der Waals surface area contributed by atoms with E-state index in [2.05, 4.69) is 12.2 Å². The molecule has 0 aromatic heterocycles. The number of nitrogens with one attached hydrogen (secondary N) is 1. The van der Waals surface area contributed by atoms with Crippen LogP contribution in [0.5, 0.6) is 5.75 Å². The highest BCUT2D eigenvalue weighted by Crippen LogP contribution is 2.30. The van der Waals surface area contributed by atoms with Crippen LogP contribution in [0.3, 0.4) is 0 Å². The molecule has 4 nitrogen and oxygen atoms in total. The molecule has 4 heteroatoms. The Labute approximate surface area is 94.2 Å². The summed E-state index contributed by atoms with van der Waals surface area (Å²) in [7, 11) is 1.50. The van der Waals surface area contributed by atoms with Crippen LogP contribution in [-0.2, 0) is 6.42 Å². The number of hydrogen-bond donors (Lipinski definition) is 2. The second kappa shape index (κ2) is 4.14. The largest absolute Gasteiger partial charge is 0.496 e. The van der Waals surface area contributed by atoms with Crippen LogP contribution in [0.1, 0.15) is 34.5 Å². The van der Waals surface area contributed by atoms with Gasteiger partial charge in [0.05, 0.1) is 7.11 Å². The highest BCUT2D eigenvalue weighted by atomic mass is 16.5. The molecule has 0 spiro atoms. The Morgan fingerprint density at radius 2 is 2.31 bits per heavy atom. The molecule has 0 amide bonds. The first-order chi connectivity index (χ1) is 7.63. The summed E-state index contributed by atoms with van der Waals surface area (Å²) in [6, 6.07) is 3.81. The third-order valence-corrected chi connectivity index (χ3v) is 3.00. The fourth-order valence-corrected chi connectivity index (χ4v) is 2.13. The Kier molecular flexibility index (Phi) is 2.83. The first-order valence-corrected chi connectivity index (χ1v) is 5.31. The Morgan fingerprint density at radius 3 is 2.94 bits per heavy atom. The zero-order chi connectivity index (χ0) is 11.7. The number of rotatable bonds is 2. The van der Waals surface area contributed by atoms with Crippen LogP contribution in [0, 0.1) is 0 Å². The van der Waals surface area contributed by atoms with Crippen LogP contribution >= 0.6 is 0 Å². The molecule has 1 atom stereocenters. The molecule has 1 aliphatic rings. The summed E-state index contributed by atoms with van der Waals surface area (Å²) in [4.78, 5) is 11.1. The third kappa shape index (κ3) is 1.76. The summed E-state index contributed by atoms with van der Waals surface area (Å²) in [6.45, 7) is 2.96. The van der Waals surface area contributed by atoms with E-state index in [4.69, 9.17) is 9.84 Å². The summed E-state index contributed by atoms with van der Waals surface area (Å²) < 4.78 is 5.11. The maximum absolute atomic E-state index is 11.1. The van der Waals surface area contributed by atoms with Crippen molar-refractivity contribution < 1.29 is 14.6 Å². The van der Waals surface area contributed by atoms with Gasteiger partial charge in [-0.3, -0.25) is 0 Å². The molecule has 2 N–H and O–H groups in total. The highest BCUT2D eigenvalue weighted by Gasteiger charge is 2.21. The van der Waals surface area contributed by atoms with Crippen LogP contribution in [0.2, 0.25) is 0 Å². The first kappa shape index (κ1) is 11.0. The normalized spacial score (nSPS) is 19.0. The third-order valence-electron chi connectivity index (χ3n) is 3.00. The Hall–Kier alpha value is -1.55. The van der Waals surface area contributed by atoms with Crippen molar-refractivity contribution in [3.8, 4) is 5.75 Å². The molecular weight excluding hydrogens is 206 g/mol. The van der Waals surface area contributed by atoms with Gasteiger partial charge in [-0.2, -0.15) is 0 Å². The molecule has 0 radical (unpaired) electrons. The van der Waals surface area contributed by atoms with E-state index in [9.17, 15) is 4.79 Å². The van der Waals surface area contributed by atoms with E-state index in [1.165, 1.54) is 7.11 Å². The number of benzene rings is 1. The number of ether oxygens (including phenoxy) is 1. The molecule has 0 saturated carbocycles. The van der Waals surface area contributed by atoms with E-state index >= 15 is 0 Å². The standard InChI is InChI=1S/C12H15NO3/c1-7-9-6-11(16-2)10(12(14)15)5-8(9)3-4-13-7/h5-7,13H,3-4H2,1-2H3,(H,14,15). The monoisotopic (exact) mass is 221 g/mol. The summed E-state index contributed by atoms with van der Waals surface area (Å²) >= 11 is 0. The van der Waals surface area contributed by atoms with Gasteiger partial charge >= 0.3 is 5.97 Å². The number of aromatic carboxylic acids is 1. The molecule has 1 aliphatic heterocycles. The van der Waals surface area contributed by atoms with Crippen LogP contribution in [0.15, 0.2) is 12.1 Å². The molecule has 1 aromatic rings. The maximum Gasteiger partial charge on any atom is 0.339 e. The number of methoxy groups -OCH3 is 1. The Balaban J connectivity index is 2.55. The van der Waals surface area contributed by atoms with Gasteiger partial charge < -0.3 is 15.2 Å². The summed E-state index contributed by atoms with van der Waals surface area (Å²) in [5.74, 6) is -0.507. The number of carboxylic acids is 1. The molecule has 0 aliphatic carbocycles. The van der Waals surface area contributed by atoms with Gasteiger partial charge in [0.2, 0.25) is 0 Å². The molecule has 1 aromatic carbocycles. The van der Waals surface area contributed by atoms with Crippen LogP contribution in [-0.4, -0.2) is 24.7 Å². The molecule has 86 valence electrons. The van der Waals surface area contributed by atoms with Gasteiger partial charge in [-0.15, -0.1) is 0 Å². The predicted octanol–water partition coefficient (Wildman–Crippen LogP) is 1.60. The molecule has 1 heterocycles. The minimum absolute atomic E-state index is 0.246. The van der Waals surface area contributed by atoms with Crippen LogP contribution in [0.25, 0.3) is 0 Å². The van der Waals surface area contributed by atoms with Crippen molar-refractivity contribution in [2.45, 2.75) is 19.4 Å². The lowest BCUT2D eigenvalue weighted by Crippen LogP contribution is -2.28. The van der Waals surface area contributed by atoms with E-state index in [1.54, 1.807) is 6.07 Å². The van der Waals surface area contributed by atoms with Gasteiger partial charge in [-0.05, 0) is 43.1 Å². The number of hydrogen-bond acceptors (Lipinski definition) is 3. The van der Waals surface area contributed by atoms with Gasteiger partial charge in [0.25, 0.3) is 0 Å². The van der Waals surface area contributed by atoms with Crippen molar-refractivity contribution in [3.05, 3.63) is 28.8 Å². The molecule has 2 rings (SSSR count). The van der Waals surface area contributed by atoms with Crippen molar-refractivity contribution in [1.82, 2.24) is 5.32 Å². The van der Waals surface area contributed by atoms with Crippen LogP contribution in [0.4, 0.5) is 0 Å². The average Bonchev–Trinajstić information content (AvgIpc) is 2.28. The fourth-order valence-electron chi connectivity index (χ4n) is 2.13. The Bertz CT molecular complexity index is 429. The average molecular weight is 221 g/mol. The van der Waals surface area contributed by atoms with Gasteiger partial charge in [0.15, 0.2) is 0 Å². The summed E-state index contributed by atoms with van der Waals surface area (Å²) in [5, 5.41) is 12.4. The van der Waals surface area contributed by atoms with Crippen molar-refractivity contribution >= 4 is 5.97 Å². The smallest absolute Gasteiger partial charge is 0.339 e. The first-order valence-electron chi connectivity index (χ1n) is 5.31. The minimum atomic E-state index is -0.939. The van der Waals surface area contributed by atoms with Gasteiger partial charge in [0, 0.05) is 6.04 Å². The van der Waals surface area contributed by atoms with Crippen molar-refractivity contribution in [1.29, 1.82) is 0 Å². The maximum atomic E-state index is 11.1. The fraction of sp³-hybridized carbons (Fsp3) is 0.417. The molecule has 0 fully saturated rings. The van der Waals surface area contributed by atoms with E-state index < -0.39 is 5.97 Å². The minimum Gasteiger partial charge on any atom is -0.496 e.